The minimum Gasteiger partial charge on any atom is -0.355 e. The van der Waals surface area contributed by atoms with E-state index in [0.717, 1.165) is 17.4 Å². The van der Waals surface area contributed by atoms with E-state index in [2.05, 4.69) is 29.1 Å². The van der Waals surface area contributed by atoms with Gasteiger partial charge in [0.15, 0.2) is 5.65 Å². The van der Waals surface area contributed by atoms with Gasteiger partial charge in [-0.1, -0.05) is 6.92 Å². The number of nitrogens with zero attached hydrogens (tertiary/aromatic N) is 5. The molecule has 1 aliphatic carbocycles. The molecule has 1 aliphatic rings. The van der Waals surface area contributed by atoms with Gasteiger partial charge in [0, 0.05) is 13.1 Å². The molecule has 8 heteroatoms. The summed E-state index contributed by atoms with van der Waals surface area (Å²) in [6.45, 7) is 4.24. The molecule has 2 heterocycles. The summed E-state index contributed by atoms with van der Waals surface area (Å²) >= 11 is 0. The highest BCUT2D eigenvalue weighted by Gasteiger charge is 2.44. The van der Waals surface area contributed by atoms with Crippen LogP contribution in [0.25, 0.3) is 5.65 Å². The van der Waals surface area contributed by atoms with Crippen LogP contribution in [0.15, 0.2) is 12.1 Å². The topological polar surface area (TPSA) is 46.3 Å². The molecule has 0 unspecified atom stereocenters. The zero-order chi connectivity index (χ0) is 15.4. The van der Waals surface area contributed by atoms with Crippen molar-refractivity contribution < 1.29 is 13.2 Å². The van der Waals surface area contributed by atoms with Crippen molar-refractivity contribution in [1.29, 1.82) is 0 Å². The van der Waals surface area contributed by atoms with E-state index in [9.17, 15) is 13.2 Å². The number of anilines is 1. The first-order valence-electron chi connectivity index (χ1n) is 6.75. The Labute approximate surface area is 119 Å². The van der Waals surface area contributed by atoms with E-state index in [1.54, 1.807) is 6.07 Å². The fraction of sp³-hybridized carbons (Fsp3) is 0.615. The molecule has 2 aromatic rings. The molecule has 3 rings (SSSR count). The summed E-state index contributed by atoms with van der Waals surface area (Å²) in [5.41, 5.74) is 0.301. The Bertz CT molecular complexity index is 674. The normalized spacial score (nSPS) is 18.8. The summed E-state index contributed by atoms with van der Waals surface area (Å²) in [4.78, 5) is 1.91. The van der Waals surface area contributed by atoms with Crippen molar-refractivity contribution in [1.82, 2.24) is 19.8 Å². The van der Waals surface area contributed by atoms with Gasteiger partial charge in [0.1, 0.15) is 5.82 Å². The maximum atomic E-state index is 12.9. The fourth-order valence-corrected chi connectivity index (χ4v) is 2.42. The van der Waals surface area contributed by atoms with Crippen molar-refractivity contribution in [3.05, 3.63) is 18.0 Å². The Kier molecular flexibility index (Phi) is 2.90. The van der Waals surface area contributed by atoms with Crippen molar-refractivity contribution >= 4 is 11.5 Å². The van der Waals surface area contributed by atoms with Gasteiger partial charge in [0.05, 0.1) is 0 Å². The summed E-state index contributed by atoms with van der Waals surface area (Å²) in [6, 6.07) is 3.38. The lowest BCUT2D eigenvalue weighted by Gasteiger charge is -2.30. The molecule has 0 radical (unpaired) electrons. The van der Waals surface area contributed by atoms with Crippen LogP contribution in [0.1, 0.15) is 32.5 Å². The minimum atomic E-state index is -4.57. The smallest absolute Gasteiger partial charge is 0.355 e. The van der Waals surface area contributed by atoms with Gasteiger partial charge in [-0.25, -0.2) is 0 Å². The van der Waals surface area contributed by atoms with Crippen molar-refractivity contribution in [3.8, 4) is 0 Å². The standard InChI is InChI=1S/C13H16F3N5/c1-8(12(2)6-7-12)20(3)10-5-4-9-17-18-11(13(14,15)16)21(9)19-10/h4-5,8H,6-7H2,1-3H3/t8-/m1/s1. The molecule has 1 atom stereocenters. The zero-order valence-corrected chi connectivity index (χ0v) is 12.0. The van der Waals surface area contributed by atoms with E-state index in [1.165, 1.54) is 6.07 Å². The predicted octanol–water partition coefficient (Wildman–Crippen LogP) is 2.77. The first-order chi connectivity index (χ1) is 9.72. The Morgan fingerprint density at radius 3 is 2.52 bits per heavy atom. The largest absolute Gasteiger partial charge is 0.453 e. The number of hydrogen-bond acceptors (Lipinski definition) is 4. The van der Waals surface area contributed by atoms with E-state index >= 15 is 0 Å². The number of halogens is 3. The highest BCUT2D eigenvalue weighted by atomic mass is 19.4. The van der Waals surface area contributed by atoms with Crippen LogP contribution in [0.3, 0.4) is 0 Å². The van der Waals surface area contributed by atoms with E-state index < -0.39 is 12.0 Å². The molecule has 5 nitrogen and oxygen atoms in total. The molecule has 0 aliphatic heterocycles. The molecule has 1 saturated carbocycles. The van der Waals surface area contributed by atoms with Crippen LogP contribution in [0.5, 0.6) is 0 Å². The van der Waals surface area contributed by atoms with Crippen LogP contribution in [-0.4, -0.2) is 32.9 Å². The van der Waals surface area contributed by atoms with Crippen molar-refractivity contribution in [2.45, 2.75) is 38.9 Å². The molecular weight excluding hydrogens is 283 g/mol. The van der Waals surface area contributed by atoms with Crippen LogP contribution in [0, 0.1) is 5.41 Å². The molecule has 2 aromatic heterocycles. The second-order valence-corrected chi connectivity index (χ2v) is 5.92. The van der Waals surface area contributed by atoms with Crippen LogP contribution in [0.2, 0.25) is 0 Å². The lowest BCUT2D eigenvalue weighted by atomic mass is 10.00. The quantitative estimate of drug-likeness (QED) is 0.874. The second kappa shape index (κ2) is 4.32. The lowest BCUT2D eigenvalue weighted by molar-refractivity contribution is -0.146. The van der Waals surface area contributed by atoms with E-state index in [1.807, 2.05) is 11.9 Å². The van der Waals surface area contributed by atoms with Gasteiger partial charge < -0.3 is 4.90 Å². The third-order valence-corrected chi connectivity index (χ3v) is 4.49. The molecule has 0 spiro atoms. The molecule has 0 aromatic carbocycles. The van der Waals surface area contributed by atoms with Gasteiger partial charge in [-0.2, -0.15) is 17.7 Å². The van der Waals surface area contributed by atoms with Gasteiger partial charge in [0.25, 0.3) is 5.82 Å². The summed E-state index contributed by atoms with van der Waals surface area (Å²) in [6.07, 6.45) is -2.32. The number of alkyl halides is 3. The van der Waals surface area contributed by atoms with Crippen molar-refractivity contribution in [3.63, 3.8) is 0 Å². The van der Waals surface area contributed by atoms with Gasteiger partial charge in [-0.3, -0.25) is 0 Å². The van der Waals surface area contributed by atoms with Crippen LogP contribution < -0.4 is 4.90 Å². The average molecular weight is 299 g/mol. The zero-order valence-electron chi connectivity index (χ0n) is 12.0. The molecule has 0 amide bonds. The average Bonchev–Trinajstić information content (AvgIpc) is 3.02. The summed E-state index contributed by atoms with van der Waals surface area (Å²) in [7, 11) is 1.85. The lowest BCUT2D eigenvalue weighted by Crippen LogP contribution is -2.36. The monoisotopic (exact) mass is 299 g/mol. The summed E-state index contributed by atoms with van der Waals surface area (Å²) in [5.74, 6) is -0.619. The number of hydrogen-bond donors (Lipinski definition) is 0. The summed E-state index contributed by atoms with van der Waals surface area (Å²) < 4.78 is 39.4. The molecule has 0 saturated heterocycles. The highest BCUT2D eigenvalue weighted by Crippen LogP contribution is 2.50. The van der Waals surface area contributed by atoms with E-state index in [-0.39, 0.29) is 17.1 Å². The van der Waals surface area contributed by atoms with Crippen molar-refractivity contribution in [2.24, 2.45) is 5.41 Å². The van der Waals surface area contributed by atoms with Crippen LogP contribution in [0.4, 0.5) is 19.0 Å². The molecule has 114 valence electrons. The minimum absolute atomic E-state index is 0.0877. The van der Waals surface area contributed by atoms with Gasteiger partial charge >= 0.3 is 6.18 Å². The molecule has 0 bridgehead atoms. The maximum absolute atomic E-state index is 12.9. The van der Waals surface area contributed by atoms with Gasteiger partial charge in [-0.05, 0) is 37.3 Å². The Hall–Kier alpha value is -1.86. The first-order valence-corrected chi connectivity index (χ1v) is 6.75. The Morgan fingerprint density at radius 2 is 1.95 bits per heavy atom. The van der Waals surface area contributed by atoms with E-state index in [4.69, 9.17) is 0 Å². The molecular formula is C13H16F3N5. The summed E-state index contributed by atoms with van der Waals surface area (Å²) in [5, 5.41) is 10.7. The second-order valence-electron chi connectivity index (χ2n) is 5.92. The SMILES string of the molecule is C[C@@H](N(C)c1ccc2nnc(C(F)(F)F)n2n1)C1(C)CC1. The molecule has 21 heavy (non-hydrogen) atoms. The number of fused-ring (bicyclic) bond motifs is 1. The predicted molar refractivity (Wildman–Crippen MR) is 71.0 cm³/mol. The van der Waals surface area contributed by atoms with Gasteiger partial charge in [-0.15, -0.1) is 15.3 Å². The van der Waals surface area contributed by atoms with Crippen LogP contribution >= 0.6 is 0 Å². The fourth-order valence-electron chi connectivity index (χ4n) is 2.42. The van der Waals surface area contributed by atoms with Crippen LogP contribution in [-0.2, 0) is 6.18 Å². The van der Waals surface area contributed by atoms with Crippen molar-refractivity contribution in [2.75, 3.05) is 11.9 Å². The van der Waals surface area contributed by atoms with Gasteiger partial charge in [0.2, 0.25) is 0 Å². The third-order valence-electron chi connectivity index (χ3n) is 4.49. The maximum Gasteiger partial charge on any atom is 0.453 e. The first kappa shape index (κ1) is 14.1. The highest BCUT2D eigenvalue weighted by molar-refractivity contribution is 5.46. The number of aromatic nitrogens is 4. The molecule has 0 N–H and O–H groups in total. The molecule has 1 fully saturated rings. The third kappa shape index (κ3) is 2.32. The Balaban J connectivity index is 2.00. The Morgan fingerprint density at radius 1 is 1.29 bits per heavy atom. The van der Waals surface area contributed by atoms with E-state index in [0.29, 0.717) is 5.82 Å². The number of rotatable bonds is 3.